The molecule has 44 valence electrons. The normalized spacial score (nSPS) is 19.5. The second kappa shape index (κ2) is 2.24. The van der Waals surface area contributed by atoms with Crippen molar-refractivity contribution in [3.8, 4) is 0 Å². The van der Waals surface area contributed by atoms with Crippen LogP contribution in [0, 0.1) is 0 Å². The van der Waals surface area contributed by atoms with E-state index < -0.39 is 0 Å². The van der Waals surface area contributed by atoms with E-state index in [1.165, 1.54) is 0 Å². The van der Waals surface area contributed by atoms with Crippen LogP contribution in [0.15, 0.2) is 0 Å². The first-order valence-electron chi connectivity index (χ1n) is 3.00. The van der Waals surface area contributed by atoms with Gasteiger partial charge in [0.2, 0.25) is 0 Å². The minimum Gasteiger partial charge on any atom is -0.0597 e. The highest BCUT2D eigenvalue weighted by molar-refractivity contribution is 7.66. The van der Waals surface area contributed by atoms with Crippen molar-refractivity contribution in [2.24, 2.45) is 0 Å². The van der Waals surface area contributed by atoms with Gasteiger partial charge in [-0.05, 0) is 29.6 Å². The molecule has 1 aliphatic heterocycles. The van der Waals surface area contributed by atoms with Gasteiger partial charge in [0, 0.05) is 0 Å². The molecule has 0 saturated carbocycles. The Morgan fingerprint density at radius 1 is 0.500 bits per heavy atom. The Morgan fingerprint density at radius 3 is 0.750 bits per heavy atom. The summed E-state index contributed by atoms with van der Waals surface area (Å²) in [5.41, 5.74) is 0. The zero-order chi connectivity index (χ0) is 6.31. The summed E-state index contributed by atoms with van der Waals surface area (Å²) in [7, 11) is 1.41. The van der Waals surface area contributed by atoms with Crippen LogP contribution in [0.25, 0.3) is 0 Å². The second-order valence-electron chi connectivity index (χ2n) is 2.50. The predicted molar refractivity (Wildman–Crippen MR) is 46.5 cm³/mol. The highest BCUT2D eigenvalue weighted by atomic mass is 29.9. The monoisotopic (exact) mass is 172 g/mol. The van der Waals surface area contributed by atoms with Crippen molar-refractivity contribution in [3.63, 3.8) is 0 Å². The van der Waals surface area contributed by atoms with Crippen LogP contribution in [0.2, 0.25) is 26.2 Å². The van der Waals surface area contributed by atoms with E-state index in [1.54, 1.807) is 0 Å². The van der Waals surface area contributed by atoms with Gasteiger partial charge in [0.1, 0.15) is 0 Å². The van der Waals surface area contributed by atoms with Crippen molar-refractivity contribution in [1.29, 1.82) is 0 Å². The molecule has 1 rings (SSSR count). The zero-order valence-electron chi connectivity index (χ0n) is 6.00. The Kier molecular flexibility index (Phi) is 1.96. The van der Waals surface area contributed by atoms with Gasteiger partial charge in [-0.1, -0.05) is 26.2 Å². The molecule has 4 heteroatoms. The molecule has 0 saturated heterocycles. The molecule has 1 aliphatic rings. The maximum absolute atomic E-state index is 2.57. The number of rotatable bonds is 0. The molecule has 0 unspecified atom stereocenters. The molecule has 0 spiro atoms. The summed E-state index contributed by atoms with van der Waals surface area (Å²) >= 11 is 0. The van der Waals surface area contributed by atoms with Gasteiger partial charge in [0.15, 0.2) is 0 Å². The largest absolute Gasteiger partial charge is 0.0597 e. The number of hydrogen-bond acceptors (Lipinski definition) is 0. The average molecular weight is 172 g/mol. The Labute approximate surface area is 56.2 Å². The summed E-state index contributed by atoms with van der Waals surface area (Å²) in [4.78, 5) is 0. The van der Waals surface area contributed by atoms with E-state index in [9.17, 15) is 0 Å². The first kappa shape index (κ1) is 6.98. The van der Waals surface area contributed by atoms with E-state index in [0.717, 1.165) is 0 Å². The molecule has 0 radical (unpaired) electrons. The minimum atomic E-state index is 0.352. The maximum atomic E-state index is 2.57. The maximum Gasteiger partial charge on any atom is -0.00990 e. The molecule has 0 bridgehead atoms. The second-order valence-corrected chi connectivity index (χ2v) is 31.5. The molecular formula is C4H12Si4. The average Bonchev–Trinajstić information content (AvgIpc) is 1.83. The summed E-state index contributed by atoms with van der Waals surface area (Å²) in [6, 6.07) is 0. The van der Waals surface area contributed by atoms with E-state index in [2.05, 4.69) is 26.2 Å². The first-order chi connectivity index (χ1) is 3.64. The van der Waals surface area contributed by atoms with Crippen molar-refractivity contribution in [3.05, 3.63) is 0 Å². The van der Waals surface area contributed by atoms with Gasteiger partial charge in [-0.25, -0.2) is 0 Å². The zero-order valence-corrected chi connectivity index (χ0v) is 10.0. The van der Waals surface area contributed by atoms with Crippen LogP contribution in [0.4, 0.5) is 0 Å². The van der Waals surface area contributed by atoms with Crippen molar-refractivity contribution in [2.75, 3.05) is 0 Å². The highest BCUT2D eigenvalue weighted by Crippen LogP contribution is 1.92. The topological polar surface area (TPSA) is 0 Å². The molecule has 0 aromatic carbocycles. The predicted octanol–water partition coefficient (Wildman–Crippen LogP) is 0.812. The SMILES string of the molecule is C[Si]1=[Si](C)[Si](C)=[Si]1C. The molecule has 1 heterocycles. The third kappa shape index (κ3) is 0.831. The van der Waals surface area contributed by atoms with Crippen LogP contribution in [0.5, 0.6) is 0 Å². The fourth-order valence-corrected chi connectivity index (χ4v) is 59.1. The lowest BCUT2D eigenvalue weighted by Gasteiger charge is -2.19. The summed E-state index contributed by atoms with van der Waals surface area (Å²) in [5, 5.41) is 0. The van der Waals surface area contributed by atoms with Crippen LogP contribution in [-0.4, -0.2) is 29.6 Å². The standard InChI is InChI=1S/C4H12Si4/c1-5-6(2)8(4)7(5)3/h1-4H3. The number of hydrogen-bond donors (Lipinski definition) is 0. The Hall–Kier alpha value is 0.868. The third-order valence-electron chi connectivity index (χ3n) is 2.25. The summed E-state index contributed by atoms with van der Waals surface area (Å²) < 4.78 is 0. The molecule has 0 fully saturated rings. The van der Waals surface area contributed by atoms with Gasteiger partial charge in [-0.3, -0.25) is 0 Å². The highest BCUT2D eigenvalue weighted by Gasteiger charge is 2.15. The van der Waals surface area contributed by atoms with Gasteiger partial charge in [-0.15, -0.1) is 0 Å². The molecule has 0 aliphatic carbocycles. The van der Waals surface area contributed by atoms with Gasteiger partial charge >= 0.3 is 0 Å². The lowest BCUT2D eigenvalue weighted by atomic mass is 11.9. The van der Waals surface area contributed by atoms with Crippen molar-refractivity contribution < 1.29 is 0 Å². The Morgan fingerprint density at radius 2 is 0.625 bits per heavy atom. The van der Waals surface area contributed by atoms with Crippen LogP contribution in [0.3, 0.4) is 0 Å². The van der Waals surface area contributed by atoms with E-state index in [4.69, 9.17) is 0 Å². The van der Waals surface area contributed by atoms with Gasteiger partial charge in [-0.2, -0.15) is 0 Å². The van der Waals surface area contributed by atoms with Crippen LogP contribution in [0.1, 0.15) is 0 Å². The quantitative estimate of drug-likeness (QED) is 0.475. The van der Waals surface area contributed by atoms with Crippen molar-refractivity contribution in [1.82, 2.24) is 0 Å². The molecule has 0 atom stereocenters. The summed E-state index contributed by atoms with van der Waals surface area (Å²) in [6.07, 6.45) is 0. The van der Waals surface area contributed by atoms with E-state index in [1.807, 2.05) is 0 Å². The van der Waals surface area contributed by atoms with Crippen LogP contribution >= 0.6 is 0 Å². The fourth-order valence-electron chi connectivity index (χ4n) is 1.06. The first-order valence-corrected chi connectivity index (χ1v) is 15.0. The van der Waals surface area contributed by atoms with Gasteiger partial charge in [0.25, 0.3) is 0 Å². The molecule has 8 heavy (non-hydrogen) atoms. The molecule has 0 aromatic rings. The molecular weight excluding hydrogens is 160 g/mol. The van der Waals surface area contributed by atoms with E-state index >= 15 is 0 Å². The van der Waals surface area contributed by atoms with E-state index in [0.29, 0.717) is 29.6 Å². The lowest BCUT2D eigenvalue weighted by molar-refractivity contribution is 2.16. The molecule has 0 N–H and O–H groups in total. The van der Waals surface area contributed by atoms with Crippen molar-refractivity contribution in [2.45, 2.75) is 26.2 Å². The fraction of sp³-hybridized carbons (Fsp3) is 1.00. The molecule has 0 amide bonds. The van der Waals surface area contributed by atoms with Gasteiger partial charge in [0.05, 0.1) is 0 Å². The third-order valence-corrected chi connectivity index (χ3v) is 56.2. The molecule has 0 aromatic heterocycles. The Balaban J connectivity index is 2.86. The summed E-state index contributed by atoms with van der Waals surface area (Å²) in [5.74, 6) is 0. The van der Waals surface area contributed by atoms with Crippen LogP contribution in [-0.2, 0) is 0 Å². The Bertz CT molecular complexity index is 135. The summed E-state index contributed by atoms with van der Waals surface area (Å²) in [6.45, 7) is 10.3. The molecule has 0 nitrogen and oxygen atoms in total. The smallest absolute Gasteiger partial charge is 0.00990 e. The van der Waals surface area contributed by atoms with Gasteiger partial charge < -0.3 is 0 Å². The van der Waals surface area contributed by atoms with Crippen LogP contribution < -0.4 is 0 Å². The van der Waals surface area contributed by atoms with Crippen molar-refractivity contribution >= 4 is 29.6 Å². The minimum absolute atomic E-state index is 0.352. The lowest BCUT2D eigenvalue weighted by Crippen LogP contribution is -2.46. The van der Waals surface area contributed by atoms with E-state index in [-0.39, 0.29) is 0 Å².